The smallest absolute Gasteiger partial charge is 0.157 e. The Morgan fingerprint density at radius 1 is 1.10 bits per heavy atom. The molecule has 108 valence electrons. The maximum atomic E-state index is 4.64. The molecule has 2 nitrogen and oxygen atoms in total. The zero-order chi connectivity index (χ0) is 13.6. The van der Waals surface area contributed by atoms with E-state index in [1.54, 1.807) is 0 Å². The highest BCUT2D eigenvalue weighted by molar-refractivity contribution is 8.14. The predicted octanol–water partition coefficient (Wildman–Crippen LogP) is 4.39. The van der Waals surface area contributed by atoms with E-state index in [1.165, 1.54) is 44.1 Å². The lowest BCUT2D eigenvalue weighted by atomic mass is 9.87. The lowest BCUT2D eigenvalue weighted by Gasteiger charge is -2.21. The van der Waals surface area contributed by atoms with Gasteiger partial charge in [-0.05, 0) is 17.9 Å². The third-order valence-corrected chi connectivity index (χ3v) is 5.58. The highest BCUT2D eigenvalue weighted by Gasteiger charge is 2.21. The minimum absolute atomic E-state index is 0.508. The van der Waals surface area contributed by atoms with Gasteiger partial charge in [0.2, 0.25) is 0 Å². The molecule has 0 aromatic heterocycles. The van der Waals surface area contributed by atoms with Crippen LogP contribution in [0.1, 0.15) is 49.3 Å². The van der Waals surface area contributed by atoms with Crippen LogP contribution in [-0.4, -0.2) is 18.3 Å². The first kappa shape index (κ1) is 14.0. The topological polar surface area (TPSA) is 24.4 Å². The molecule has 3 rings (SSSR count). The van der Waals surface area contributed by atoms with E-state index in [-0.39, 0.29) is 0 Å². The molecule has 1 atom stereocenters. The molecule has 2 aliphatic rings. The van der Waals surface area contributed by atoms with E-state index in [1.807, 2.05) is 11.8 Å². The molecule has 0 bridgehead atoms. The zero-order valence-corrected chi connectivity index (χ0v) is 12.9. The monoisotopic (exact) mass is 288 g/mol. The molecule has 0 amide bonds. The Labute approximate surface area is 126 Å². The SMILES string of the molecule is c1ccc(C2CN=C(NCCC3CCCCC3)S2)cc1. The van der Waals surface area contributed by atoms with Crippen LogP contribution in [0.3, 0.4) is 0 Å². The molecule has 1 fully saturated rings. The Morgan fingerprint density at radius 2 is 1.90 bits per heavy atom. The van der Waals surface area contributed by atoms with Crippen molar-refractivity contribution in [3.8, 4) is 0 Å². The normalized spacial score (nSPS) is 23.6. The van der Waals surface area contributed by atoms with Gasteiger partial charge in [0.05, 0.1) is 11.8 Å². The number of hydrogen-bond donors (Lipinski definition) is 1. The molecule has 20 heavy (non-hydrogen) atoms. The van der Waals surface area contributed by atoms with Crippen molar-refractivity contribution < 1.29 is 0 Å². The van der Waals surface area contributed by atoms with E-state index in [9.17, 15) is 0 Å². The van der Waals surface area contributed by atoms with Crippen molar-refractivity contribution in [2.45, 2.75) is 43.8 Å². The number of benzene rings is 1. The summed E-state index contributed by atoms with van der Waals surface area (Å²) in [5, 5.41) is 5.20. The van der Waals surface area contributed by atoms with Crippen molar-refractivity contribution in [3.63, 3.8) is 0 Å². The van der Waals surface area contributed by atoms with Gasteiger partial charge >= 0.3 is 0 Å². The summed E-state index contributed by atoms with van der Waals surface area (Å²) in [7, 11) is 0. The minimum atomic E-state index is 0.508. The van der Waals surface area contributed by atoms with Crippen LogP contribution in [0.4, 0.5) is 0 Å². The molecule has 1 N–H and O–H groups in total. The van der Waals surface area contributed by atoms with Crippen molar-refractivity contribution in [1.29, 1.82) is 0 Å². The molecule has 1 saturated carbocycles. The Hall–Kier alpha value is -0.960. The van der Waals surface area contributed by atoms with Crippen molar-refractivity contribution in [2.75, 3.05) is 13.1 Å². The number of aliphatic imine (C=N–C) groups is 1. The van der Waals surface area contributed by atoms with Gasteiger partial charge in [-0.15, -0.1) is 0 Å². The first-order chi connectivity index (χ1) is 9.92. The average Bonchev–Trinajstić information content (AvgIpc) is 2.98. The van der Waals surface area contributed by atoms with Gasteiger partial charge < -0.3 is 5.32 Å². The lowest BCUT2D eigenvalue weighted by Crippen LogP contribution is -2.23. The number of rotatable bonds is 4. The van der Waals surface area contributed by atoms with Gasteiger partial charge in [-0.3, -0.25) is 4.99 Å². The molecule has 1 aliphatic heterocycles. The van der Waals surface area contributed by atoms with Crippen molar-refractivity contribution in [2.24, 2.45) is 10.9 Å². The van der Waals surface area contributed by atoms with Gasteiger partial charge in [0.25, 0.3) is 0 Å². The summed E-state index contributed by atoms with van der Waals surface area (Å²) in [4.78, 5) is 4.64. The first-order valence-corrected chi connectivity index (χ1v) is 8.80. The molecule has 1 unspecified atom stereocenters. The van der Waals surface area contributed by atoms with Gasteiger partial charge in [0.1, 0.15) is 0 Å². The fraction of sp³-hybridized carbons (Fsp3) is 0.588. The molecular weight excluding hydrogens is 264 g/mol. The fourth-order valence-electron chi connectivity index (χ4n) is 3.17. The second kappa shape index (κ2) is 7.16. The van der Waals surface area contributed by atoms with E-state index >= 15 is 0 Å². The molecule has 1 aromatic carbocycles. The summed E-state index contributed by atoms with van der Waals surface area (Å²) in [5.41, 5.74) is 1.39. The standard InChI is InChI=1S/C17H24N2S/c1-3-7-14(8-4-1)11-12-18-17-19-13-16(20-17)15-9-5-2-6-10-15/h2,5-6,9-10,14,16H,1,3-4,7-8,11-13H2,(H,18,19). The lowest BCUT2D eigenvalue weighted by molar-refractivity contribution is 0.339. The van der Waals surface area contributed by atoms with E-state index in [4.69, 9.17) is 0 Å². The van der Waals surface area contributed by atoms with Crippen molar-refractivity contribution >= 4 is 16.9 Å². The summed E-state index contributed by atoms with van der Waals surface area (Å²) in [6.07, 6.45) is 8.52. The van der Waals surface area contributed by atoms with Crippen LogP contribution in [-0.2, 0) is 0 Å². The molecule has 0 saturated heterocycles. The first-order valence-electron chi connectivity index (χ1n) is 7.92. The van der Waals surface area contributed by atoms with Crippen LogP contribution in [0.5, 0.6) is 0 Å². The largest absolute Gasteiger partial charge is 0.365 e. The van der Waals surface area contributed by atoms with E-state index in [0.717, 1.165) is 24.2 Å². The molecule has 1 aromatic rings. The number of nitrogens with zero attached hydrogens (tertiary/aromatic N) is 1. The number of amidine groups is 1. The summed E-state index contributed by atoms with van der Waals surface area (Å²) in [5.74, 6) is 0.952. The van der Waals surface area contributed by atoms with E-state index < -0.39 is 0 Å². The third kappa shape index (κ3) is 3.78. The van der Waals surface area contributed by atoms with Gasteiger partial charge in [-0.1, -0.05) is 74.2 Å². The van der Waals surface area contributed by atoms with Gasteiger partial charge in [0, 0.05) is 6.54 Å². The molecule has 0 radical (unpaired) electrons. The Balaban J connectivity index is 1.39. The highest BCUT2D eigenvalue weighted by Crippen LogP contribution is 2.34. The number of nitrogens with one attached hydrogen (secondary N) is 1. The summed E-state index contributed by atoms with van der Waals surface area (Å²) < 4.78 is 0. The van der Waals surface area contributed by atoms with Crippen LogP contribution in [0.25, 0.3) is 0 Å². The van der Waals surface area contributed by atoms with Gasteiger partial charge in [0.15, 0.2) is 5.17 Å². The second-order valence-corrected chi connectivity index (χ2v) is 7.07. The van der Waals surface area contributed by atoms with Crippen LogP contribution in [0, 0.1) is 5.92 Å². The second-order valence-electron chi connectivity index (χ2n) is 5.88. The maximum absolute atomic E-state index is 4.64. The number of thioether (sulfide) groups is 1. The van der Waals surface area contributed by atoms with Crippen LogP contribution < -0.4 is 5.32 Å². The quantitative estimate of drug-likeness (QED) is 0.888. The van der Waals surface area contributed by atoms with Crippen molar-refractivity contribution in [3.05, 3.63) is 35.9 Å². The van der Waals surface area contributed by atoms with E-state index in [2.05, 4.69) is 40.6 Å². The molecule has 3 heteroatoms. The maximum Gasteiger partial charge on any atom is 0.157 e. The number of hydrogen-bond acceptors (Lipinski definition) is 3. The fourth-order valence-corrected chi connectivity index (χ4v) is 4.22. The van der Waals surface area contributed by atoms with Crippen LogP contribution >= 0.6 is 11.8 Å². The van der Waals surface area contributed by atoms with E-state index in [0.29, 0.717) is 5.25 Å². The Bertz CT molecular complexity index is 438. The van der Waals surface area contributed by atoms with Crippen molar-refractivity contribution in [1.82, 2.24) is 5.32 Å². The summed E-state index contributed by atoms with van der Waals surface area (Å²) >= 11 is 1.89. The molecule has 0 spiro atoms. The Morgan fingerprint density at radius 3 is 2.70 bits per heavy atom. The summed E-state index contributed by atoms with van der Waals surface area (Å²) in [6, 6.07) is 10.7. The predicted molar refractivity (Wildman–Crippen MR) is 88.3 cm³/mol. The highest BCUT2D eigenvalue weighted by atomic mass is 32.2. The van der Waals surface area contributed by atoms with Crippen LogP contribution in [0.2, 0.25) is 0 Å². The average molecular weight is 288 g/mol. The molecule has 1 heterocycles. The minimum Gasteiger partial charge on any atom is -0.365 e. The summed E-state index contributed by atoms with van der Waals surface area (Å²) in [6.45, 7) is 2.01. The zero-order valence-electron chi connectivity index (χ0n) is 12.1. The molecular formula is C17H24N2S. The third-order valence-electron chi connectivity index (χ3n) is 4.38. The molecule has 1 aliphatic carbocycles. The van der Waals surface area contributed by atoms with Gasteiger partial charge in [-0.2, -0.15) is 0 Å². The van der Waals surface area contributed by atoms with Gasteiger partial charge in [-0.25, -0.2) is 0 Å². The Kier molecular flexibility index (Phi) is 5.01. The van der Waals surface area contributed by atoms with Crippen LogP contribution in [0.15, 0.2) is 35.3 Å².